The number of guanidine groups is 1. The molecule has 0 amide bonds. The molecule has 2 heterocycles. The number of likely N-dealkylation sites (tertiary alicyclic amines) is 1. The van der Waals surface area contributed by atoms with Crippen LogP contribution < -0.4 is 10.6 Å². The van der Waals surface area contributed by atoms with Crippen molar-refractivity contribution in [1.82, 2.24) is 20.4 Å². The zero-order valence-electron chi connectivity index (χ0n) is 20.8. The number of nitrogens with one attached hydrogen (secondary N) is 2. The molecule has 1 aromatic carbocycles. The van der Waals surface area contributed by atoms with Gasteiger partial charge in [-0.15, -0.1) is 24.0 Å². The Morgan fingerprint density at radius 3 is 2.38 bits per heavy atom. The molecule has 0 saturated carbocycles. The number of hydrogen-bond donors (Lipinski definition) is 2. The molecule has 0 spiro atoms. The molecule has 182 valence electrons. The highest BCUT2D eigenvalue weighted by molar-refractivity contribution is 14.0. The van der Waals surface area contributed by atoms with E-state index in [4.69, 9.17) is 4.74 Å². The first kappa shape index (κ1) is 27.3. The number of rotatable bonds is 6. The topological polar surface area (TPSA) is 52.1 Å². The van der Waals surface area contributed by atoms with Gasteiger partial charge in [0, 0.05) is 57.4 Å². The van der Waals surface area contributed by atoms with E-state index in [-0.39, 0.29) is 41.7 Å². The lowest BCUT2D eigenvalue weighted by Gasteiger charge is -2.45. The highest BCUT2D eigenvalue weighted by Gasteiger charge is 2.33. The molecule has 4 unspecified atom stereocenters. The van der Waals surface area contributed by atoms with Crippen LogP contribution >= 0.6 is 24.0 Å². The SMILES string of the molecule is CN=C(NCC(C)(C)N1CC(C)OC(C)C1)NC1CCN(Cc2ccccc2)C(C)C1.I. The third kappa shape index (κ3) is 7.85. The number of benzene rings is 1. The van der Waals surface area contributed by atoms with E-state index in [0.717, 1.165) is 51.5 Å². The van der Waals surface area contributed by atoms with Crippen molar-refractivity contribution in [2.24, 2.45) is 4.99 Å². The zero-order chi connectivity index (χ0) is 22.4. The van der Waals surface area contributed by atoms with Gasteiger partial charge in [0.25, 0.3) is 0 Å². The Balaban J connectivity index is 0.00000363. The van der Waals surface area contributed by atoms with Crippen molar-refractivity contribution in [3.05, 3.63) is 35.9 Å². The first-order valence-electron chi connectivity index (χ1n) is 11.9. The Bertz CT molecular complexity index is 704. The number of morpholine rings is 1. The van der Waals surface area contributed by atoms with E-state index in [9.17, 15) is 0 Å². The predicted molar refractivity (Wildman–Crippen MR) is 145 cm³/mol. The van der Waals surface area contributed by atoms with Crippen molar-refractivity contribution in [2.45, 2.75) is 83.8 Å². The maximum atomic E-state index is 5.91. The largest absolute Gasteiger partial charge is 0.373 e. The van der Waals surface area contributed by atoms with Crippen molar-refractivity contribution in [2.75, 3.05) is 33.2 Å². The normalized spacial score (nSPS) is 28.1. The van der Waals surface area contributed by atoms with Gasteiger partial charge in [-0.2, -0.15) is 0 Å². The van der Waals surface area contributed by atoms with E-state index in [0.29, 0.717) is 12.1 Å². The number of aliphatic imine (C=N–C) groups is 1. The van der Waals surface area contributed by atoms with Crippen LogP contribution in [-0.4, -0.2) is 78.8 Å². The smallest absolute Gasteiger partial charge is 0.191 e. The van der Waals surface area contributed by atoms with Crippen LogP contribution in [0.4, 0.5) is 0 Å². The monoisotopic (exact) mass is 557 g/mol. The summed E-state index contributed by atoms with van der Waals surface area (Å²) in [5.41, 5.74) is 1.43. The third-order valence-electron chi connectivity index (χ3n) is 6.77. The molecule has 1 aromatic rings. The maximum Gasteiger partial charge on any atom is 0.191 e. The lowest BCUT2D eigenvalue weighted by molar-refractivity contribution is -0.0946. The second-order valence-corrected chi connectivity index (χ2v) is 10.1. The van der Waals surface area contributed by atoms with Crippen molar-refractivity contribution < 1.29 is 4.74 Å². The second kappa shape index (κ2) is 12.5. The van der Waals surface area contributed by atoms with Gasteiger partial charge >= 0.3 is 0 Å². The van der Waals surface area contributed by atoms with Gasteiger partial charge in [0.05, 0.1) is 12.2 Å². The summed E-state index contributed by atoms with van der Waals surface area (Å²) in [5.74, 6) is 0.913. The Hall–Kier alpha value is -0.900. The van der Waals surface area contributed by atoms with Crippen LogP contribution in [0.1, 0.15) is 53.0 Å². The summed E-state index contributed by atoms with van der Waals surface area (Å²) >= 11 is 0. The van der Waals surface area contributed by atoms with E-state index >= 15 is 0 Å². The molecule has 32 heavy (non-hydrogen) atoms. The number of piperidine rings is 1. The van der Waals surface area contributed by atoms with Crippen LogP contribution in [0.5, 0.6) is 0 Å². The Labute approximate surface area is 212 Å². The first-order chi connectivity index (χ1) is 14.8. The van der Waals surface area contributed by atoms with Gasteiger partial charge in [-0.05, 0) is 53.0 Å². The number of hydrogen-bond acceptors (Lipinski definition) is 4. The molecule has 0 radical (unpaired) electrons. The number of ether oxygens (including phenoxy) is 1. The molecule has 0 aromatic heterocycles. The van der Waals surface area contributed by atoms with Crippen LogP contribution in [0, 0.1) is 0 Å². The molecule has 0 bridgehead atoms. The second-order valence-electron chi connectivity index (χ2n) is 10.1. The van der Waals surface area contributed by atoms with Gasteiger partial charge in [0.15, 0.2) is 5.96 Å². The maximum absolute atomic E-state index is 5.91. The van der Waals surface area contributed by atoms with Crippen LogP contribution in [0.25, 0.3) is 0 Å². The van der Waals surface area contributed by atoms with Gasteiger partial charge in [0.1, 0.15) is 0 Å². The van der Waals surface area contributed by atoms with Gasteiger partial charge in [-0.25, -0.2) is 0 Å². The third-order valence-corrected chi connectivity index (χ3v) is 6.77. The summed E-state index contributed by atoms with van der Waals surface area (Å²) in [6.07, 6.45) is 2.83. The summed E-state index contributed by atoms with van der Waals surface area (Å²) < 4.78 is 5.91. The van der Waals surface area contributed by atoms with Crippen molar-refractivity contribution in [3.8, 4) is 0 Å². The molecule has 2 aliphatic heterocycles. The molecule has 3 rings (SSSR count). The van der Waals surface area contributed by atoms with E-state index in [1.54, 1.807) is 0 Å². The lowest BCUT2D eigenvalue weighted by atomic mass is 9.97. The minimum atomic E-state index is 0. The first-order valence-corrected chi connectivity index (χ1v) is 11.9. The molecular weight excluding hydrogens is 513 g/mol. The standard InChI is InChI=1S/C25H43N5O.HI/c1-19-14-23(12-13-29(19)17-22-10-8-7-9-11-22)28-24(26-6)27-18-25(4,5)30-15-20(2)31-21(3)16-30;/h7-11,19-21,23H,12-18H2,1-6H3,(H2,26,27,28);1H. The molecule has 0 aliphatic carbocycles. The van der Waals surface area contributed by atoms with Crippen molar-refractivity contribution in [3.63, 3.8) is 0 Å². The summed E-state index contributed by atoms with van der Waals surface area (Å²) in [5, 5.41) is 7.28. The Morgan fingerprint density at radius 1 is 1.12 bits per heavy atom. The number of nitrogens with zero attached hydrogens (tertiary/aromatic N) is 3. The fourth-order valence-electron chi connectivity index (χ4n) is 4.88. The van der Waals surface area contributed by atoms with Gasteiger partial charge in [0.2, 0.25) is 0 Å². The summed E-state index contributed by atoms with van der Waals surface area (Å²) in [4.78, 5) is 9.64. The molecule has 2 N–H and O–H groups in total. The van der Waals surface area contributed by atoms with Crippen LogP contribution in [0.15, 0.2) is 35.3 Å². The quantitative estimate of drug-likeness (QED) is 0.318. The van der Waals surface area contributed by atoms with E-state index in [2.05, 4.69) is 90.4 Å². The summed E-state index contributed by atoms with van der Waals surface area (Å²) in [7, 11) is 1.87. The van der Waals surface area contributed by atoms with Crippen LogP contribution in [-0.2, 0) is 11.3 Å². The highest BCUT2D eigenvalue weighted by Crippen LogP contribution is 2.22. The molecular formula is C25H44IN5O. The average molecular weight is 558 g/mol. The minimum Gasteiger partial charge on any atom is -0.373 e. The summed E-state index contributed by atoms with van der Waals surface area (Å²) in [6, 6.07) is 11.8. The van der Waals surface area contributed by atoms with Crippen LogP contribution in [0.3, 0.4) is 0 Å². The lowest BCUT2D eigenvalue weighted by Crippen LogP contribution is -2.60. The Morgan fingerprint density at radius 2 is 1.78 bits per heavy atom. The minimum absolute atomic E-state index is 0. The van der Waals surface area contributed by atoms with Gasteiger partial charge in [-0.1, -0.05) is 30.3 Å². The molecule has 2 saturated heterocycles. The average Bonchev–Trinajstić information content (AvgIpc) is 2.73. The fourth-order valence-corrected chi connectivity index (χ4v) is 4.88. The van der Waals surface area contributed by atoms with Crippen molar-refractivity contribution in [1.29, 1.82) is 0 Å². The fraction of sp³-hybridized carbons (Fsp3) is 0.720. The van der Waals surface area contributed by atoms with E-state index < -0.39 is 0 Å². The van der Waals surface area contributed by atoms with E-state index in [1.165, 1.54) is 5.56 Å². The zero-order valence-corrected chi connectivity index (χ0v) is 23.1. The van der Waals surface area contributed by atoms with Crippen molar-refractivity contribution >= 4 is 29.9 Å². The molecule has 4 atom stereocenters. The molecule has 2 aliphatic rings. The molecule has 6 nitrogen and oxygen atoms in total. The van der Waals surface area contributed by atoms with Gasteiger partial charge < -0.3 is 15.4 Å². The Kier molecular flexibility index (Phi) is 10.7. The van der Waals surface area contributed by atoms with E-state index in [1.807, 2.05) is 7.05 Å². The van der Waals surface area contributed by atoms with Crippen LogP contribution in [0.2, 0.25) is 0 Å². The summed E-state index contributed by atoms with van der Waals surface area (Å²) in [6.45, 7) is 16.2. The number of halogens is 1. The predicted octanol–water partition coefficient (Wildman–Crippen LogP) is 3.71. The molecule has 7 heteroatoms. The molecule has 2 fully saturated rings. The highest BCUT2D eigenvalue weighted by atomic mass is 127. The van der Waals surface area contributed by atoms with Gasteiger partial charge in [-0.3, -0.25) is 14.8 Å².